The summed E-state index contributed by atoms with van der Waals surface area (Å²) >= 11 is 1.81. The van der Waals surface area contributed by atoms with E-state index in [0.717, 1.165) is 13.1 Å². The summed E-state index contributed by atoms with van der Waals surface area (Å²) in [6.45, 7) is 7.48. The zero-order chi connectivity index (χ0) is 10.8. The van der Waals surface area contributed by atoms with E-state index in [-0.39, 0.29) is 0 Å². The number of rotatable bonds is 3. The van der Waals surface area contributed by atoms with E-state index in [1.54, 1.807) is 0 Å². The van der Waals surface area contributed by atoms with E-state index in [2.05, 4.69) is 23.7 Å². The molecular weight excluding hydrogens is 206 g/mol. The van der Waals surface area contributed by atoms with Crippen LogP contribution >= 0.6 is 11.3 Å². The van der Waals surface area contributed by atoms with Gasteiger partial charge >= 0.3 is 0 Å². The van der Waals surface area contributed by atoms with Gasteiger partial charge in [-0.05, 0) is 39.3 Å². The molecule has 0 saturated carbocycles. The van der Waals surface area contributed by atoms with Crippen LogP contribution in [0, 0.1) is 12.8 Å². The van der Waals surface area contributed by atoms with Gasteiger partial charge in [-0.25, -0.2) is 4.98 Å². The van der Waals surface area contributed by atoms with Crippen LogP contribution in [0.1, 0.15) is 29.3 Å². The predicted octanol–water partition coefficient (Wildman–Crippen LogP) is 1.79. The monoisotopic (exact) mass is 225 g/mol. The first kappa shape index (κ1) is 11.0. The van der Waals surface area contributed by atoms with Crippen molar-refractivity contribution >= 4 is 11.3 Å². The summed E-state index contributed by atoms with van der Waals surface area (Å²) in [6, 6.07) is 0.459. The van der Waals surface area contributed by atoms with Crippen molar-refractivity contribution in [2.75, 3.05) is 19.6 Å². The maximum atomic E-state index is 5.70. The molecule has 84 valence electrons. The summed E-state index contributed by atoms with van der Waals surface area (Å²) in [5.41, 5.74) is 5.70. The van der Waals surface area contributed by atoms with Crippen LogP contribution < -0.4 is 5.73 Å². The second-order valence-corrected chi connectivity index (χ2v) is 5.64. The number of aryl methyl sites for hydroxylation is 1. The average molecular weight is 225 g/mol. The fraction of sp³-hybridized carbons (Fsp3) is 0.727. The molecule has 2 unspecified atom stereocenters. The van der Waals surface area contributed by atoms with E-state index in [4.69, 9.17) is 5.73 Å². The first-order valence-electron chi connectivity index (χ1n) is 5.57. The van der Waals surface area contributed by atoms with Gasteiger partial charge in [0.05, 0.1) is 6.04 Å². The van der Waals surface area contributed by atoms with Gasteiger partial charge in [0.1, 0.15) is 5.01 Å². The third-order valence-electron chi connectivity index (χ3n) is 3.19. The number of thiazole rings is 1. The van der Waals surface area contributed by atoms with Gasteiger partial charge in [-0.2, -0.15) is 0 Å². The molecule has 2 N–H and O–H groups in total. The molecule has 2 atom stereocenters. The molecule has 0 spiro atoms. The Morgan fingerprint density at radius 1 is 1.73 bits per heavy atom. The van der Waals surface area contributed by atoms with Crippen LogP contribution in [0.3, 0.4) is 0 Å². The normalized spacial score (nSPS) is 24.6. The molecular formula is C11H19N3S. The third-order valence-corrected chi connectivity index (χ3v) is 4.28. The molecule has 1 aliphatic heterocycles. The van der Waals surface area contributed by atoms with Gasteiger partial charge in [0.2, 0.25) is 0 Å². The molecule has 1 aliphatic rings. The minimum atomic E-state index is 0.459. The van der Waals surface area contributed by atoms with E-state index in [1.165, 1.54) is 22.9 Å². The molecule has 2 rings (SSSR count). The lowest BCUT2D eigenvalue weighted by atomic mass is 10.1. The average Bonchev–Trinajstić information content (AvgIpc) is 2.84. The van der Waals surface area contributed by atoms with Crippen molar-refractivity contribution in [1.82, 2.24) is 9.88 Å². The van der Waals surface area contributed by atoms with Crippen LogP contribution in [0.25, 0.3) is 0 Å². The summed E-state index contributed by atoms with van der Waals surface area (Å²) < 4.78 is 0. The predicted molar refractivity (Wildman–Crippen MR) is 64.0 cm³/mol. The minimum absolute atomic E-state index is 0.459. The molecule has 15 heavy (non-hydrogen) atoms. The molecule has 1 aromatic rings. The van der Waals surface area contributed by atoms with Crippen LogP contribution in [0.15, 0.2) is 6.20 Å². The molecule has 1 fully saturated rings. The molecule has 1 aromatic heterocycles. The van der Waals surface area contributed by atoms with Crippen LogP contribution in [-0.4, -0.2) is 29.5 Å². The second kappa shape index (κ2) is 4.60. The van der Waals surface area contributed by atoms with Crippen LogP contribution in [0.5, 0.6) is 0 Å². The van der Waals surface area contributed by atoms with E-state index in [0.29, 0.717) is 12.0 Å². The number of nitrogens with two attached hydrogens (primary N) is 1. The molecule has 0 aliphatic carbocycles. The lowest BCUT2D eigenvalue weighted by molar-refractivity contribution is 0.253. The zero-order valence-corrected chi connectivity index (χ0v) is 10.3. The van der Waals surface area contributed by atoms with Gasteiger partial charge in [-0.1, -0.05) is 0 Å². The van der Waals surface area contributed by atoms with Crippen molar-refractivity contribution < 1.29 is 0 Å². The Labute approximate surface area is 95.3 Å². The molecule has 0 aromatic carbocycles. The van der Waals surface area contributed by atoms with Gasteiger partial charge in [0.15, 0.2) is 0 Å². The first-order valence-corrected chi connectivity index (χ1v) is 6.38. The minimum Gasteiger partial charge on any atom is -0.330 e. The highest BCUT2D eigenvalue weighted by Gasteiger charge is 2.26. The Bertz CT molecular complexity index is 323. The van der Waals surface area contributed by atoms with Crippen molar-refractivity contribution in [2.45, 2.75) is 26.3 Å². The van der Waals surface area contributed by atoms with Crippen LogP contribution in [0.4, 0.5) is 0 Å². The van der Waals surface area contributed by atoms with Crippen molar-refractivity contribution in [2.24, 2.45) is 11.7 Å². The Hall–Kier alpha value is -0.450. The molecule has 0 radical (unpaired) electrons. The summed E-state index contributed by atoms with van der Waals surface area (Å²) in [7, 11) is 0. The van der Waals surface area contributed by atoms with Crippen molar-refractivity contribution in [3.8, 4) is 0 Å². The smallest absolute Gasteiger partial charge is 0.110 e. The SMILES string of the molecule is Cc1cnc(C(C)N2CCC(CN)C2)s1. The summed E-state index contributed by atoms with van der Waals surface area (Å²) in [5, 5.41) is 1.24. The highest BCUT2D eigenvalue weighted by Crippen LogP contribution is 2.29. The van der Waals surface area contributed by atoms with E-state index in [9.17, 15) is 0 Å². The van der Waals surface area contributed by atoms with Crippen molar-refractivity contribution in [3.05, 3.63) is 16.1 Å². The lowest BCUT2D eigenvalue weighted by Gasteiger charge is -2.22. The topological polar surface area (TPSA) is 42.2 Å². The quantitative estimate of drug-likeness (QED) is 0.853. The Morgan fingerprint density at radius 3 is 3.07 bits per heavy atom. The highest BCUT2D eigenvalue weighted by atomic mass is 32.1. The van der Waals surface area contributed by atoms with E-state index >= 15 is 0 Å². The summed E-state index contributed by atoms with van der Waals surface area (Å²) in [6.07, 6.45) is 3.21. The number of likely N-dealkylation sites (tertiary alicyclic amines) is 1. The molecule has 1 saturated heterocycles. The maximum Gasteiger partial charge on any atom is 0.110 e. The summed E-state index contributed by atoms with van der Waals surface area (Å²) in [4.78, 5) is 8.25. The van der Waals surface area contributed by atoms with Crippen LogP contribution in [0.2, 0.25) is 0 Å². The molecule has 3 nitrogen and oxygen atoms in total. The highest BCUT2D eigenvalue weighted by molar-refractivity contribution is 7.11. The third kappa shape index (κ3) is 2.38. The molecule has 0 bridgehead atoms. The summed E-state index contributed by atoms with van der Waals surface area (Å²) in [5.74, 6) is 0.688. The van der Waals surface area contributed by atoms with Gasteiger partial charge in [0, 0.05) is 17.6 Å². The lowest BCUT2D eigenvalue weighted by Crippen LogP contribution is -2.26. The molecule has 2 heterocycles. The van der Waals surface area contributed by atoms with Gasteiger partial charge in [-0.3, -0.25) is 4.90 Å². The van der Waals surface area contributed by atoms with Gasteiger partial charge in [0.25, 0.3) is 0 Å². The maximum absolute atomic E-state index is 5.70. The van der Waals surface area contributed by atoms with Crippen molar-refractivity contribution in [3.63, 3.8) is 0 Å². The fourth-order valence-electron chi connectivity index (χ4n) is 2.13. The Kier molecular flexibility index (Phi) is 3.38. The number of hydrogen-bond acceptors (Lipinski definition) is 4. The van der Waals surface area contributed by atoms with E-state index < -0.39 is 0 Å². The standard InChI is InChI=1S/C11H19N3S/c1-8-6-13-11(15-8)9(2)14-4-3-10(5-12)7-14/h6,9-10H,3-5,7,12H2,1-2H3. The Morgan fingerprint density at radius 2 is 2.53 bits per heavy atom. The number of hydrogen-bond donors (Lipinski definition) is 1. The van der Waals surface area contributed by atoms with Gasteiger partial charge in [-0.15, -0.1) is 11.3 Å². The molecule has 0 amide bonds. The van der Waals surface area contributed by atoms with Crippen molar-refractivity contribution in [1.29, 1.82) is 0 Å². The second-order valence-electron chi connectivity index (χ2n) is 4.37. The van der Waals surface area contributed by atoms with Crippen LogP contribution in [-0.2, 0) is 0 Å². The molecule has 4 heteroatoms. The zero-order valence-electron chi connectivity index (χ0n) is 9.44. The largest absolute Gasteiger partial charge is 0.330 e. The first-order chi connectivity index (χ1) is 7.20. The Balaban J connectivity index is 2.00. The van der Waals surface area contributed by atoms with Gasteiger partial charge < -0.3 is 5.73 Å². The van der Waals surface area contributed by atoms with E-state index in [1.807, 2.05) is 17.5 Å². The fourth-order valence-corrected chi connectivity index (χ4v) is 2.99. The number of nitrogens with zero attached hydrogens (tertiary/aromatic N) is 2. The number of aromatic nitrogens is 1.